The van der Waals surface area contributed by atoms with E-state index < -0.39 is 0 Å². The second-order valence-corrected chi connectivity index (χ2v) is 9.60. The van der Waals surface area contributed by atoms with Crippen LogP contribution < -0.4 is 16.0 Å². The number of carbonyl (C=O) groups is 2. The molecule has 0 bridgehead atoms. The number of urea groups is 1. The van der Waals surface area contributed by atoms with Gasteiger partial charge >= 0.3 is 6.03 Å². The topological polar surface area (TPSA) is 108 Å². The van der Waals surface area contributed by atoms with Crippen LogP contribution in [0.2, 0.25) is 0 Å². The van der Waals surface area contributed by atoms with Crippen molar-refractivity contribution in [1.82, 2.24) is 15.1 Å². The highest BCUT2D eigenvalue weighted by molar-refractivity contribution is 6.06. The molecule has 4 rings (SSSR count). The lowest BCUT2D eigenvalue weighted by Gasteiger charge is -2.14. The maximum absolute atomic E-state index is 13.0. The maximum atomic E-state index is 13.0. The summed E-state index contributed by atoms with van der Waals surface area (Å²) in [4.78, 5) is 25.2. The maximum Gasteiger partial charge on any atom is 0.324 e. The third kappa shape index (κ3) is 5.90. The van der Waals surface area contributed by atoms with E-state index in [0.29, 0.717) is 11.5 Å². The fraction of sp³-hybridized carbons (Fsp3) is 0.250. The molecule has 0 aliphatic carbocycles. The Balaban J connectivity index is 1.61. The van der Waals surface area contributed by atoms with Crippen molar-refractivity contribution in [3.05, 3.63) is 84.1 Å². The molecule has 3 amide bonds. The molecule has 0 saturated carbocycles. The normalized spacial score (nSPS) is 11.3. The molecular formula is C28H31N5O3. The summed E-state index contributed by atoms with van der Waals surface area (Å²) in [7, 11) is 0. The molecule has 0 aliphatic heterocycles. The molecular weight excluding hydrogens is 454 g/mol. The smallest absolute Gasteiger partial charge is 0.324 e. The van der Waals surface area contributed by atoms with Gasteiger partial charge in [0.2, 0.25) is 5.91 Å². The van der Waals surface area contributed by atoms with Gasteiger partial charge in [-0.1, -0.05) is 69.3 Å². The van der Waals surface area contributed by atoms with Crippen molar-refractivity contribution < 1.29 is 14.7 Å². The molecule has 8 heteroatoms. The van der Waals surface area contributed by atoms with Gasteiger partial charge in [-0.3, -0.25) is 10.1 Å². The van der Waals surface area contributed by atoms with Gasteiger partial charge in [0, 0.05) is 23.4 Å². The zero-order valence-electron chi connectivity index (χ0n) is 20.7. The SMILES string of the molecule is CC(C)(C)c1cc(NC(=O)Nc2cccc3ccccc23)n(-c2cccc(CC(=O)NCCO)c2)n1. The van der Waals surface area contributed by atoms with E-state index in [1.165, 1.54) is 0 Å². The molecule has 1 heterocycles. The van der Waals surface area contributed by atoms with E-state index in [4.69, 9.17) is 10.2 Å². The van der Waals surface area contributed by atoms with E-state index in [-0.39, 0.29) is 36.9 Å². The fourth-order valence-electron chi connectivity index (χ4n) is 3.88. The van der Waals surface area contributed by atoms with Crippen LogP contribution >= 0.6 is 0 Å². The van der Waals surface area contributed by atoms with Gasteiger partial charge in [-0.2, -0.15) is 5.10 Å². The number of anilines is 2. The van der Waals surface area contributed by atoms with Crippen LogP contribution in [0.3, 0.4) is 0 Å². The van der Waals surface area contributed by atoms with E-state index >= 15 is 0 Å². The lowest BCUT2D eigenvalue weighted by Crippen LogP contribution is -2.27. The van der Waals surface area contributed by atoms with E-state index in [1.807, 2.05) is 72.8 Å². The number of benzene rings is 3. The summed E-state index contributed by atoms with van der Waals surface area (Å²) in [5.74, 6) is 0.337. The average molecular weight is 486 g/mol. The molecule has 3 aromatic carbocycles. The average Bonchev–Trinajstić information content (AvgIpc) is 3.27. The van der Waals surface area contributed by atoms with Crippen LogP contribution in [0.25, 0.3) is 16.5 Å². The Labute approximate surface area is 210 Å². The molecule has 1 aromatic heterocycles. The summed E-state index contributed by atoms with van der Waals surface area (Å²) in [6.07, 6.45) is 0.172. The minimum absolute atomic E-state index is 0.107. The summed E-state index contributed by atoms with van der Waals surface area (Å²) in [6, 6.07) is 22.6. The highest BCUT2D eigenvalue weighted by atomic mass is 16.3. The molecule has 0 radical (unpaired) electrons. The molecule has 8 nitrogen and oxygen atoms in total. The fourth-order valence-corrected chi connectivity index (χ4v) is 3.88. The Bertz CT molecular complexity index is 1380. The molecule has 0 spiro atoms. The van der Waals surface area contributed by atoms with E-state index in [0.717, 1.165) is 27.7 Å². The highest BCUT2D eigenvalue weighted by Crippen LogP contribution is 2.28. The van der Waals surface area contributed by atoms with Crippen molar-refractivity contribution in [2.75, 3.05) is 23.8 Å². The van der Waals surface area contributed by atoms with Gasteiger partial charge in [-0.15, -0.1) is 0 Å². The van der Waals surface area contributed by atoms with Gasteiger partial charge < -0.3 is 15.7 Å². The summed E-state index contributed by atoms with van der Waals surface area (Å²) in [6.45, 7) is 6.28. The lowest BCUT2D eigenvalue weighted by molar-refractivity contribution is -0.120. The Hall–Kier alpha value is -4.17. The largest absolute Gasteiger partial charge is 0.395 e. The van der Waals surface area contributed by atoms with Crippen molar-refractivity contribution in [2.45, 2.75) is 32.6 Å². The standard InChI is InChI=1S/C28H31N5O3/c1-28(2,3)24-18-25(31-27(36)30-23-13-7-10-20-9-4-5-12-22(20)23)33(32-24)21-11-6-8-19(16-21)17-26(35)29-14-15-34/h4-13,16,18,34H,14-15,17H2,1-3H3,(H,29,35)(H2,30,31,36). The predicted octanol–water partition coefficient (Wildman–Crippen LogP) is 4.62. The zero-order chi connectivity index (χ0) is 25.7. The van der Waals surface area contributed by atoms with Gasteiger partial charge in [0.25, 0.3) is 0 Å². The molecule has 0 aliphatic rings. The first-order valence-corrected chi connectivity index (χ1v) is 11.9. The van der Waals surface area contributed by atoms with Crippen LogP contribution in [-0.2, 0) is 16.6 Å². The van der Waals surface area contributed by atoms with Gasteiger partial charge in [0.1, 0.15) is 5.82 Å². The van der Waals surface area contributed by atoms with Gasteiger partial charge in [0.05, 0.1) is 30.1 Å². The van der Waals surface area contributed by atoms with Crippen molar-refractivity contribution in [2.24, 2.45) is 0 Å². The van der Waals surface area contributed by atoms with Crippen LogP contribution in [0.15, 0.2) is 72.8 Å². The third-order valence-corrected chi connectivity index (χ3v) is 5.71. The minimum atomic E-state index is -0.382. The molecule has 0 saturated heterocycles. The summed E-state index contributed by atoms with van der Waals surface area (Å²) in [5.41, 5.74) is 2.80. The number of nitrogens with one attached hydrogen (secondary N) is 3. The minimum Gasteiger partial charge on any atom is -0.395 e. The van der Waals surface area contributed by atoms with Crippen LogP contribution in [-0.4, -0.2) is 40.0 Å². The van der Waals surface area contributed by atoms with Gasteiger partial charge in [-0.05, 0) is 29.1 Å². The van der Waals surface area contributed by atoms with Crippen molar-refractivity contribution >= 4 is 34.2 Å². The first-order valence-electron chi connectivity index (χ1n) is 11.9. The number of rotatable bonds is 7. The number of amides is 3. The van der Waals surface area contributed by atoms with Crippen LogP contribution in [0.1, 0.15) is 32.0 Å². The Morgan fingerprint density at radius 3 is 2.47 bits per heavy atom. The second kappa shape index (κ2) is 10.6. The number of carbonyl (C=O) groups excluding carboxylic acids is 2. The summed E-state index contributed by atoms with van der Waals surface area (Å²) < 4.78 is 1.68. The van der Waals surface area contributed by atoms with Crippen LogP contribution in [0, 0.1) is 0 Å². The number of nitrogens with zero attached hydrogens (tertiary/aromatic N) is 2. The molecule has 0 atom stereocenters. The molecule has 0 unspecified atom stereocenters. The quantitative estimate of drug-likeness (QED) is 0.306. The van der Waals surface area contributed by atoms with Crippen molar-refractivity contribution in [3.8, 4) is 5.69 Å². The summed E-state index contributed by atoms with van der Waals surface area (Å²) in [5, 5.41) is 24.2. The molecule has 36 heavy (non-hydrogen) atoms. The monoisotopic (exact) mass is 485 g/mol. The Kier molecular flexibility index (Phi) is 7.36. The van der Waals surface area contributed by atoms with Gasteiger partial charge in [-0.25, -0.2) is 9.48 Å². The second-order valence-electron chi connectivity index (χ2n) is 9.60. The zero-order valence-corrected chi connectivity index (χ0v) is 20.7. The lowest BCUT2D eigenvalue weighted by atomic mass is 9.92. The van der Waals surface area contributed by atoms with E-state index in [1.54, 1.807) is 4.68 Å². The third-order valence-electron chi connectivity index (χ3n) is 5.71. The number of aliphatic hydroxyl groups excluding tert-OH is 1. The molecule has 4 N–H and O–H groups in total. The number of hydrogen-bond donors (Lipinski definition) is 4. The first kappa shape index (κ1) is 24.9. The number of aliphatic hydroxyl groups is 1. The van der Waals surface area contributed by atoms with E-state index in [2.05, 4.69) is 36.7 Å². The highest BCUT2D eigenvalue weighted by Gasteiger charge is 2.22. The number of hydrogen-bond acceptors (Lipinski definition) is 4. The molecule has 0 fully saturated rings. The predicted molar refractivity (Wildman–Crippen MR) is 143 cm³/mol. The molecule has 186 valence electrons. The molecule has 4 aromatic rings. The number of aromatic nitrogens is 2. The van der Waals surface area contributed by atoms with Crippen LogP contribution in [0.4, 0.5) is 16.3 Å². The first-order chi connectivity index (χ1) is 17.2. The van der Waals surface area contributed by atoms with Crippen LogP contribution in [0.5, 0.6) is 0 Å². The number of fused-ring (bicyclic) bond motifs is 1. The van der Waals surface area contributed by atoms with Crippen molar-refractivity contribution in [3.63, 3.8) is 0 Å². The van der Waals surface area contributed by atoms with Crippen molar-refractivity contribution in [1.29, 1.82) is 0 Å². The van der Waals surface area contributed by atoms with Gasteiger partial charge in [0.15, 0.2) is 0 Å². The van der Waals surface area contributed by atoms with E-state index in [9.17, 15) is 9.59 Å². The Morgan fingerprint density at radius 2 is 1.69 bits per heavy atom. The Morgan fingerprint density at radius 1 is 0.944 bits per heavy atom. The summed E-state index contributed by atoms with van der Waals surface area (Å²) >= 11 is 0.